The standard InChI is InChI=1S/C32H36FN5O3S2/c1-5-27(39)37-13-10-24-26(19-37)43-32(34-24)29-28(22-9-8-20(33)17-25(22)41-15-14-40-4)30-23(11-16-42-30)31(35-29)38-12-6-7-21(18-38)36(2)3/h5,8-9,11,16-17,21H,1,6-7,10,12-15,18-19H2,2-4H3. The highest BCUT2D eigenvalue weighted by Gasteiger charge is 2.30. The Morgan fingerprint density at radius 1 is 1.23 bits per heavy atom. The molecule has 11 heteroatoms. The van der Waals surface area contributed by atoms with Crippen LogP contribution in [0.4, 0.5) is 10.2 Å². The number of anilines is 1. The molecule has 0 bridgehead atoms. The summed E-state index contributed by atoms with van der Waals surface area (Å²) in [6, 6.07) is 7.24. The van der Waals surface area contributed by atoms with E-state index in [1.165, 1.54) is 18.2 Å². The first kappa shape index (κ1) is 29.7. The summed E-state index contributed by atoms with van der Waals surface area (Å²) in [7, 11) is 5.88. The van der Waals surface area contributed by atoms with Gasteiger partial charge in [-0.3, -0.25) is 4.79 Å². The van der Waals surface area contributed by atoms with Crippen molar-refractivity contribution in [2.24, 2.45) is 0 Å². The maximum Gasteiger partial charge on any atom is 0.246 e. The SMILES string of the molecule is C=CC(=O)N1CCc2nc(-c3nc(N4CCCC(N(C)C)C4)c4ccsc4c3-c3ccc(F)cc3OCCOC)sc2C1. The van der Waals surface area contributed by atoms with Crippen LogP contribution >= 0.6 is 22.7 Å². The van der Waals surface area contributed by atoms with E-state index >= 15 is 0 Å². The Bertz CT molecular complexity index is 1650. The lowest BCUT2D eigenvalue weighted by Crippen LogP contribution is -2.45. The number of aromatic nitrogens is 2. The van der Waals surface area contributed by atoms with Crippen molar-refractivity contribution >= 4 is 44.5 Å². The van der Waals surface area contributed by atoms with Gasteiger partial charge in [-0.2, -0.15) is 0 Å². The predicted octanol–water partition coefficient (Wildman–Crippen LogP) is 5.85. The predicted molar refractivity (Wildman–Crippen MR) is 172 cm³/mol. The lowest BCUT2D eigenvalue weighted by atomic mass is 10.00. The number of thiophene rings is 1. The van der Waals surface area contributed by atoms with Gasteiger partial charge in [0.15, 0.2) is 0 Å². The van der Waals surface area contributed by atoms with Crippen LogP contribution in [0.15, 0.2) is 42.3 Å². The molecule has 1 saturated heterocycles. The molecule has 0 aliphatic carbocycles. The van der Waals surface area contributed by atoms with Crippen molar-refractivity contribution in [3.8, 4) is 27.6 Å². The highest BCUT2D eigenvalue weighted by molar-refractivity contribution is 7.18. The lowest BCUT2D eigenvalue weighted by Gasteiger charge is -2.37. The highest BCUT2D eigenvalue weighted by atomic mass is 32.1. The first-order valence-electron chi connectivity index (χ1n) is 14.5. The average molecular weight is 622 g/mol. The molecule has 2 aliphatic heterocycles. The molecule has 43 heavy (non-hydrogen) atoms. The van der Waals surface area contributed by atoms with Crippen LogP contribution in [0.25, 0.3) is 31.9 Å². The second-order valence-electron chi connectivity index (χ2n) is 11.1. The number of carbonyl (C=O) groups excluding carboxylic acids is 1. The summed E-state index contributed by atoms with van der Waals surface area (Å²) in [6.07, 6.45) is 4.27. The second kappa shape index (κ2) is 12.7. The number of pyridine rings is 1. The highest BCUT2D eigenvalue weighted by Crippen LogP contribution is 2.47. The fourth-order valence-corrected chi connectivity index (χ4v) is 7.96. The molecule has 1 fully saturated rings. The number of likely N-dealkylation sites (N-methyl/N-ethyl adjacent to an activating group) is 1. The van der Waals surface area contributed by atoms with Crippen LogP contribution in [0.2, 0.25) is 0 Å². The van der Waals surface area contributed by atoms with Crippen LogP contribution in [0.1, 0.15) is 23.4 Å². The third kappa shape index (κ3) is 5.91. The zero-order valence-electron chi connectivity index (χ0n) is 24.8. The molecule has 6 rings (SSSR count). The molecule has 0 spiro atoms. The molecule has 0 radical (unpaired) electrons. The number of benzene rings is 1. The van der Waals surface area contributed by atoms with Gasteiger partial charge in [0.25, 0.3) is 0 Å². The van der Waals surface area contributed by atoms with E-state index in [1.54, 1.807) is 40.7 Å². The number of ether oxygens (including phenoxy) is 2. The number of piperidine rings is 1. The minimum atomic E-state index is -0.371. The summed E-state index contributed by atoms with van der Waals surface area (Å²) in [5, 5.41) is 3.95. The van der Waals surface area contributed by atoms with Gasteiger partial charge in [0.2, 0.25) is 5.91 Å². The summed E-state index contributed by atoms with van der Waals surface area (Å²) in [4.78, 5) is 30.4. The van der Waals surface area contributed by atoms with Gasteiger partial charge >= 0.3 is 0 Å². The number of hydrogen-bond acceptors (Lipinski definition) is 9. The van der Waals surface area contributed by atoms with Gasteiger partial charge in [-0.05, 0) is 56.6 Å². The number of halogens is 1. The molecule has 1 atom stereocenters. The summed E-state index contributed by atoms with van der Waals surface area (Å²) in [5.74, 6) is 0.940. The third-order valence-corrected chi connectivity index (χ3v) is 10.2. The van der Waals surface area contributed by atoms with E-state index < -0.39 is 0 Å². The number of amides is 1. The van der Waals surface area contributed by atoms with Crippen molar-refractivity contribution in [3.63, 3.8) is 0 Å². The summed E-state index contributed by atoms with van der Waals surface area (Å²) < 4.78 is 26.9. The molecule has 3 aromatic heterocycles. The molecular formula is C32H36FN5O3S2. The van der Waals surface area contributed by atoms with Crippen molar-refractivity contribution in [2.75, 3.05) is 59.0 Å². The van der Waals surface area contributed by atoms with E-state index in [9.17, 15) is 9.18 Å². The van der Waals surface area contributed by atoms with E-state index in [-0.39, 0.29) is 11.7 Å². The quantitative estimate of drug-likeness (QED) is 0.172. The number of carbonyl (C=O) groups is 1. The molecule has 226 valence electrons. The number of thiazole rings is 1. The largest absolute Gasteiger partial charge is 0.490 e. The number of nitrogens with zero attached hydrogens (tertiary/aromatic N) is 5. The minimum absolute atomic E-state index is 0.0774. The van der Waals surface area contributed by atoms with Gasteiger partial charge in [-0.1, -0.05) is 6.58 Å². The fourth-order valence-electron chi connectivity index (χ4n) is 5.89. The van der Waals surface area contributed by atoms with Crippen LogP contribution in [0, 0.1) is 5.82 Å². The normalized spacial score (nSPS) is 17.0. The maximum atomic E-state index is 14.6. The molecule has 2 aliphatic rings. The minimum Gasteiger partial charge on any atom is -0.490 e. The Morgan fingerprint density at radius 2 is 2.09 bits per heavy atom. The molecule has 1 aromatic carbocycles. The van der Waals surface area contributed by atoms with Gasteiger partial charge in [-0.25, -0.2) is 14.4 Å². The van der Waals surface area contributed by atoms with E-state index in [0.29, 0.717) is 44.5 Å². The van der Waals surface area contributed by atoms with Gasteiger partial charge in [0.1, 0.15) is 34.7 Å². The Labute approximate surface area is 259 Å². The van der Waals surface area contributed by atoms with E-state index in [2.05, 4.69) is 41.9 Å². The monoisotopic (exact) mass is 621 g/mol. The Morgan fingerprint density at radius 3 is 2.88 bits per heavy atom. The number of hydrogen-bond donors (Lipinski definition) is 0. The Balaban J connectivity index is 1.54. The topological polar surface area (TPSA) is 71.0 Å². The van der Waals surface area contributed by atoms with Gasteiger partial charge in [0, 0.05) is 71.4 Å². The second-order valence-corrected chi connectivity index (χ2v) is 13.1. The van der Waals surface area contributed by atoms with E-state index in [0.717, 1.165) is 74.2 Å². The van der Waals surface area contributed by atoms with Crippen molar-refractivity contribution in [1.29, 1.82) is 0 Å². The maximum absolute atomic E-state index is 14.6. The van der Waals surface area contributed by atoms with E-state index in [4.69, 9.17) is 19.4 Å². The molecule has 0 N–H and O–H groups in total. The van der Waals surface area contributed by atoms with Crippen molar-refractivity contribution < 1.29 is 18.7 Å². The van der Waals surface area contributed by atoms with Crippen molar-refractivity contribution in [2.45, 2.75) is 31.8 Å². The van der Waals surface area contributed by atoms with Crippen LogP contribution in [0.3, 0.4) is 0 Å². The Kier molecular flexibility index (Phi) is 8.76. The number of fused-ring (bicyclic) bond motifs is 2. The third-order valence-electron chi connectivity index (χ3n) is 8.19. The fraction of sp³-hybridized carbons (Fsp3) is 0.406. The molecule has 0 saturated carbocycles. The van der Waals surface area contributed by atoms with Gasteiger partial charge in [-0.15, -0.1) is 22.7 Å². The van der Waals surface area contributed by atoms with Gasteiger partial charge in [0.05, 0.1) is 18.8 Å². The number of methoxy groups -OCH3 is 1. The molecule has 1 amide bonds. The lowest BCUT2D eigenvalue weighted by molar-refractivity contribution is -0.126. The van der Waals surface area contributed by atoms with Crippen LogP contribution in [-0.2, 0) is 22.5 Å². The first-order valence-corrected chi connectivity index (χ1v) is 16.2. The van der Waals surface area contributed by atoms with Crippen molar-refractivity contribution in [3.05, 3.63) is 58.7 Å². The molecule has 4 aromatic rings. The number of rotatable bonds is 9. The zero-order valence-corrected chi connectivity index (χ0v) is 26.4. The van der Waals surface area contributed by atoms with Crippen LogP contribution in [0.5, 0.6) is 5.75 Å². The average Bonchev–Trinajstić information content (AvgIpc) is 3.68. The molecule has 1 unspecified atom stereocenters. The van der Waals surface area contributed by atoms with E-state index in [1.807, 2.05) is 0 Å². The van der Waals surface area contributed by atoms with Crippen molar-refractivity contribution in [1.82, 2.24) is 19.8 Å². The van der Waals surface area contributed by atoms with Crippen LogP contribution < -0.4 is 9.64 Å². The zero-order chi connectivity index (χ0) is 30.1. The molecule has 5 heterocycles. The summed E-state index contributed by atoms with van der Waals surface area (Å²) in [5.41, 5.74) is 3.39. The Hall–Kier alpha value is -3.38. The first-order chi connectivity index (χ1) is 20.9. The summed E-state index contributed by atoms with van der Waals surface area (Å²) >= 11 is 3.22. The molecular weight excluding hydrogens is 586 g/mol. The molecule has 8 nitrogen and oxygen atoms in total. The van der Waals surface area contributed by atoms with Gasteiger partial charge < -0.3 is 24.2 Å². The smallest absolute Gasteiger partial charge is 0.246 e. The van der Waals surface area contributed by atoms with Crippen LogP contribution in [-0.4, -0.2) is 85.8 Å². The summed E-state index contributed by atoms with van der Waals surface area (Å²) in [6.45, 7) is 7.25.